The number of ether oxygens (including phenoxy) is 1. The summed E-state index contributed by atoms with van der Waals surface area (Å²) in [6.07, 6.45) is 4.14. The fourth-order valence-electron chi connectivity index (χ4n) is 1.11. The molecular weight excluding hydrogens is 150 g/mol. The van der Waals surface area contributed by atoms with Crippen LogP contribution in [0.3, 0.4) is 0 Å². The van der Waals surface area contributed by atoms with E-state index in [9.17, 15) is 0 Å². The maximum absolute atomic E-state index is 5.35. The highest BCUT2D eigenvalue weighted by Gasteiger charge is 2.04. The van der Waals surface area contributed by atoms with Crippen molar-refractivity contribution < 1.29 is 4.74 Å². The van der Waals surface area contributed by atoms with Crippen LogP contribution >= 0.6 is 0 Å². The van der Waals surface area contributed by atoms with Crippen molar-refractivity contribution in [1.29, 1.82) is 0 Å². The van der Waals surface area contributed by atoms with E-state index < -0.39 is 0 Å². The average Bonchev–Trinajstić information content (AvgIpc) is 2.10. The van der Waals surface area contributed by atoms with E-state index in [1.807, 2.05) is 13.0 Å². The molecule has 2 nitrogen and oxygen atoms in total. The summed E-state index contributed by atoms with van der Waals surface area (Å²) in [4.78, 5) is 0. The molecule has 1 atom stereocenters. The number of nitrogens with one attached hydrogen (secondary N) is 1. The molecule has 0 bridgehead atoms. The largest absolute Gasteiger partial charge is 0.380 e. The van der Waals surface area contributed by atoms with Gasteiger partial charge >= 0.3 is 0 Å². The molecule has 0 radical (unpaired) electrons. The molecule has 0 aromatic heterocycles. The fourth-order valence-corrected chi connectivity index (χ4v) is 1.11. The van der Waals surface area contributed by atoms with Gasteiger partial charge in [-0.25, -0.2) is 0 Å². The summed E-state index contributed by atoms with van der Waals surface area (Å²) in [7, 11) is 0. The molecule has 0 saturated carbocycles. The van der Waals surface area contributed by atoms with Crippen molar-refractivity contribution in [3.05, 3.63) is 12.7 Å². The van der Waals surface area contributed by atoms with Crippen molar-refractivity contribution in [3.8, 4) is 0 Å². The number of rotatable bonds is 8. The fraction of sp³-hybridized carbons (Fsp3) is 0.800. The summed E-state index contributed by atoms with van der Waals surface area (Å²) >= 11 is 0. The predicted molar refractivity (Wildman–Crippen MR) is 53.4 cm³/mol. The standard InChI is InChI=1S/C10H21NO/c1-4-7-8-10(11-5-2)9-12-6-3/h4,10-11H,1,5-9H2,2-3H3. The third-order valence-corrected chi connectivity index (χ3v) is 1.74. The highest BCUT2D eigenvalue weighted by Crippen LogP contribution is 1.98. The van der Waals surface area contributed by atoms with Gasteiger partial charge < -0.3 is 10.1 Å². The summed E-state index contributed by atoms with van der Waals surface area (Å²) in [6, 6.07) is 0.493. The Morgan fingerprint density at radius 1 is 1.50 bits per heavy atom. The highest BCUT2D eigenvalue weighted by atomic mass is 16.5. The molecule has 1 N–H and O–H groups in total. The van der Waals surface area contributed by atoms with Gasteiger partial charge in [0.2, 0.25) is 0 Å². The quantitative estimate of drug-likeness (QED) is 0.564. The second kappa shape index (κ2) is 8.75. The van der Waals surface area contributed by atoms with Crippen molar-refractivity contribution in [1.82, 2.24) is 5.32 Å². The van der Waals surface area contributed by atoms with Gasteiger partial charge in [-0.2, -0.15) is 0 Å². The molecule has 0 aromatic rings. The van der Waals surface area contributed by atoms with Crippen molar-refractivity contribution >= 4 is 0 Å². The van der Waals surface area contributed by atoms with Crippen LogP contribution in [-0.2, 0) is 4.74 Å². The summed E-state index contributed by atoms with van der Waals surface area (Å²) in [5, 5.41) is 3.38. The Labute approximate surface area is 76.0 Å². The first-order chi connectivity index (χ1) is 5.85. The maximum atomic E-state index is 5.35. The first-order valence-corrected chi connectivity index (χ1v) is 4.77. The topological polar surface area (TPSA) is 21.3 Å². The first kappa shape index (κ1) is 11.7. The minimum absolute atomic E-state index is 0.493. The minimum Gasteiger partial charge on any atom is -0.380 e. The van der Waals surface area contributed by atoms with Gasteiger partial charge in [-0.3, -0.25) is 0 Å². The molecule has 12 heavy (non-hydrogen) atoms. The zero-order valence-corrected chi connectivity index (χ0v) is 8.31. The van der Waals surface area contributed by atoms with Gasteiger partial charge in [-0.1, -0.05) is 13.0 Å². The van der Waals surface area contributed by atoms with Crippen LogP contribution in [0.25, 0.3) is 0 Å². The third-order valence-electron chi connectivity index (χ3n) is 1.74. The van der Waals surface area contributed by atoms with Crippen molar-refractivity contribution in [2.75, 3.05) is 19.8 Å². The zero-order chi connectivity index (χ0) is 9.23. The third kappa shape index (κ3) is 6.38. The average molecular weight is 171 g/mol. The van der Waals surface area contributed by atoms with E-state index in [1.54, 1.807) is 0 Å². The highest BCUT2D eigenvalue weighted by molar-refractivity contribution is 4.73. The summed E-state index contributed by atoms with van der Waals surface area (Å²) < 4.78 is 5.35. The van der Waals surface area contributed by atoms with E-state index in [0.717, 1.165) is 32.6 Å². The molecule has 0 amide bonds. The van der Waals surface area contributed by atoms with Crippen molar-refractivity contribution in [2.45, 2.75) is 32.7 Å². The molecule has 2 heteroatoms. The number of allylic oxidation sites excluding steroid dienone is 1. The Balaban J connectivity index is 3.46. The molecule has 0 heterocycles. The molecule has 0 aliphatic rings. The van der Waals surface area contributed by atoms with Crippen molar-refractivity contribution in [3.63, 3.8) is 0 Å². The van der Waals surface area contributed by atoms with Crippen LogP contribution in [0.5, 0.6) is 0 Å². The monoisotopic (exact) mass is 171 g/mol. The molecule has 0 fully saturated rings. The van der Waals surface area contributed by atoms with Gasteiger partial charge in [0.05, 0.1) is 6.61 Å². The van der Waals surface area contributed by atoms with Gasteiger partial charge in [-0.15, -0.1) is 6.58 Å². The number of hydrogen-bond acceptors (Lipinski definition) is 2. The first-order valence-electron chi connectivity index (χ1n) is 4.77. The van der Waals surface area contributed by atoms with E-state index in [2.05, 4.69) is 18.8 Å². The number of likely N-dealkylation sites (N-methyl/N-ethyl adjacent to an activating group) is 1. The summed E-state index contributed by atoms with van der Waals surface area (Å²) in [5.74, 6) is 0. The lowest BCUT2D eigenvalue weighted by atomic mass is 10.1. The smallest absolute Gasteiger partial charge is 0.0619 e. The Hall–Kier alpha value is -0.340. The molecule has 0 saturated heterocycles. The molecule has 0 aliphatic carbocycles. The summed E-state index contributed by atoms with van der Waals surface area (Å²) in [5.41, 5.74) is 0. The molecule has 0 spiro atoms. The van der Waals surface area contributed by atoms with E-state index in [1.165, 1.54) is 0 Å². The van der Waals surface area contributed by atoms with Crippen LogP contribution in [-0.4, -0.2) is 25.8 Å². The maximum Gasteiger partial charge on any atom is 0.0619 e. The van der Waals surface area contributed by atoms with Crippen LogP contribution in [0.2, 0.25) is 0 Å². The normalized spacial score (nSPS) is 12.8. The molecule has 0 aliphatic heterocycles. The van der Waals surface area contributed by atoms with Crippen LogP contribution in [0.15, 0.2) is 12.7 Å². The van der Waals surface area contributed by atoms with Crippen LogP contribution in [0.1, 0.15) is 26.7 Å². The minimum atomic E-state index is 0.493. The molecule has 1 unspecified atom stereocenters. The van der Waals surface area contributed by atoms with Gasteiger partial charge in [0, 0.05) is 12.6 Å². The van der Waals surface area contributed by atoms with Gasteiger partial charge in [0.1, 0.15) is 0 Å². The van der Waals surface area contributed by atoms with Gasteiger partial charge in [0.25, 0.3) is 0 Å². The van der Waals surface area contributed by atoms with Gasteiger partial charge in [0.15, 0.2) is 0 Å². The molecule has 0 rings (SSSR count). The molecular formula is C10H21NO. The predicted octanol–water partition coefficient (Wildman–Crippen LogP) is 1.97. The van der Waals surface area contributed by atoms with Crippen molar-refractivity contribution in [2.24, 2.45) is 0 Å². The van der Waals surface area contributed by atoms with Crippen LogP contribution in [0, 0.1) is 0 Å². The van der Waals surface area contributed by atoms with E-state index in [4.69, 9.17) is 4.74 Å². The van der Waals surface area contributed by atoms with Crippen LogP contribution < -0.4 is 5.32 Å². The zero-order valence-electron chi connectivity index (χ0n) is 8.31. The van der Waals surface area contributed by atoms with Gasteiger partial charge in [-0.05, 0) is 26.3 Å². The van der Waals surface area contributed by atoms with E-state index in [0.29, 0.717) is 6.04 Å². The lowest BCUT2D eigenvalue weighted by molar-refractivity contribution is 0.121. The second-order valence-electron chi connectivity index (χ2n) is 2.78. The van der Waals surface area contributed by atoms with E-state index >= 15 is 0 Å². The SMILES string of the molecule is C=CCCC(COCC)NCC. The van der Waals surface area contributed by atoms with E-state index in [-0.39, 0.29) is 0 Å². The lowest BCUT2D eigenvalue weighted by Crippen LogP contribution is -2.33. The lowest BCUT2D eigenvalue weighted by Gasteiger charge is -2.16. The Morgan fingerprint density at radius 2 is 2.25 bits per heavy atom. The molecule has 0 aromatic carbocycles. The number of hydrogen-bond donors (Lipinski definition) is 1. The Kier molecular flexibility index (Phi) is 8.51. The van der Waals surface area contributed by atoms with Crippen LogP contribution in [0.4, 0.5) is 0 Å². The Bertz CT molecular complexity index is 104. The summed E-state index contributed by atoms with van der Waals surface area (Å²) in [6.45, 7) is 10.5. The molecule has 72 valence electrons. The second-order valence-corrected chi connectivity index (χ2v) is 2.78. The Morgan fingerprint density at radius 3 is 2.75 bits per heavy atom.